The van der Waals surface area contributed by atoms with E-state index in [2.05, 4.69) is 135 Å². The zero-order valence-electron chi connectivity index (χ0n) is 35.9. The Morgan fingerprint density at radius 1 is 0.492 bits per heavy atom. The third-order valence-electron chi connectivity index (χ3n) is 7.75. The molecule has 0 radical (unpaired) electrons. The van der Waals surface area contributed by atoms with Gasteiger partial charge in [0.15, 0.2) is 6.10 Å². The summed E-state index contributed by atoms with van der Waals surface area (Å²) in [7, 11) is -4.43. The van der Waals surface area contributed by atoms with Crippen LogP contribution in [0.4, 0.5) is 0 Å². The van der Waals surface area contributed by atoms with Gasteiger partial charge in [-0.2, -0.15) is 0 Å². The molecule has 0 saturated carbocycles. The van der Waals surface area contributed by atoms with Gasteiger partial charge in [0.05, 0.1) is 13.2 Å². The first-order valence-corrected chi connectivity index (χ1v) is 22.8. The maximum Gasteiger partial charge on any atom is 0.472 e. The number of carbonyl (C=O) groups excluding carboxylic acids is 2. The highest BCUT2D eigenvalue weighted by Gasteiger charge is 2.25. The number of nitrogens with two attached hydrogens (primary N) is 1. The summed E-state index contributed by atoms with van der Waals surface area (Å²) in [5.41, 5.74) is 5.34. The Balaban J connectivity index is 4.45. The van der Waals surface area contributed by atoms with Crippen molar-refractivity contribution in [2.75, 3.05) is 26.4 Å². The molecule has 0 amide bonds. The first kappa shape index (κ1) is 54.9. The number of phosphoric acid groups is 1. The number of hydrogen-bond acceptors (Lipinski definition) is 8. The first-order chi connectivity index (χ1) is 28.8. The van der Waals surface area contributed by atoms with Gasteiger partial charge in [-0.1, -0.05) is 160 Å². The molecular formula is C49H74NO8P. The fourth-order valence-corrected chi connectivity index (χ4v) is 5.45. The molecule has 9 nitrogen and oxygen atoms in total. The number of ether oxygens (including phenoxy) is 2. The third-order valence-corrected chi connectivity index (χ3v) is 8.73. The van der Waals surface area contributed by atoms with Crippen molar-refractivity contribution in [3.8, 4) is 0 Å². The first-order valence-electron chi connectivity index (χ1n) is 21.3. The fourth-order valence-electron chi connectivity index (χ4n) is 4.68. The summed E-state index contributed by atoms with van der Waals surface area (Å²) in [5.74, 6) is -1.04. The fraction of sp³-hybridized carbons (Fsp3) is 0.469. The Bertz CT molecular complexity index is 1460. The minimum absolute atomic E-state index is 0.0231. The van der Waals surface area contributed by atoms with Crippen molar-refractivity contribution in [2.24, 2.45) is 5.73 Å². The van der Waals surface area contributed by atoms with E-state index in [1.165, 1.54) is 0 Å². The van der Waals surface area contributed by atoms with Crippen LogP contribution in [-0.4, -0.2) is 49.3 Å². The second-order valence-electron chi connectivity index (χ2n) is 13.1. The second kappa shape index (κ2) is 43.5. The maximum atomic E-state index is 12.5. The summed E-state index contributed by atoms with van der Waals surface area (Å²) in [6.45, 7) is 3.28. The molecule has 0 aromatic heterocycles. The molecule has 0 aromatic carbocycles. The average Bonchev–Trinajstić information content (AvgIpc) is 3.22. The van der Waals surface area contributed by atoms with Gasteiger partial charge in [-0.15, -0.1) is 0 Å². The molecule has 0 fully saturated rings. The van der Waals surface area contributed by atoms with Crippen molar-refractivity contribution in [3.63, 3.8) is 0 Å². The lowest BCUT2D eigenvalue weighted by molar-refractivity contribution is -0.161. The molecule has 0 bridgehead atoms. The molecule has 0 spiro atoms. The van der Waals surface area contributed by atoms with Gasteiger partial charge in [-0.05, 0) is 89.9 Å². The molecule has 0 saturated heterocycles. The zero-order valence-corrected chi connectivity index (χ0v) is 36.8. The molecule has 0 aromatic rings. The predicted molar refractivity (Wildman–Crippen MR) is 247 cm³/mol. The van der Waals surface area contributed by atoms with E-state index in [0.717, 1.165) is 77.0 Å². The summed E-state index contributed by atoms with van der Waals surface area (Å²) >= 11 is 0. The van der Waals surface area contributed by atoms with Gasteiger partial charge >= 0.3 is 19.8 Å². The normalized spacial score (nSPS) is 14.7. The lowest BCUT2D eigenvalue weighted by atomic mass is 10.2. The van der Waals surface area contributed by atoms with Crippen LogP contribution in [0.25, 0.3) is 0 Å². The topological polar surface area (TPSA) is 134 Å². The van der Waals surface area contributed by atoms with Crippen molar-refractivity contribution in [1.29, 1.82) is 0 Å². The molecule has 10 heteroatoms. The Morgan fingerprint density at radius 2 is 0.814 bits per heavy atom. The van der Waals surface area contributed by atoms with Gasteiger partial charge in [-0.3, -0.25) is 18.6 Å². The van der Waals surface area contributed by atoms with Crippen LogP contribution in [0.3, 0.4) is 0 Å². The van der Waals surface area contributed by atoms with Crippen LogP contribution in [-0.2, 0) is 32.7 Å². The van der Waals surface area contributed by atoms with E-state index >= 15 is 0 Å². The van der Waals surface area contributed by atoms with Gasteiger partial charge in [-0.25, -0.2) is 4.57 Å². The van der Waals surface area contributed by atoms with Gasteiger partial charge in [0, 0.05) is 19.4 Å². The van der Waals surface area contributed by atoms with E-state index < -0.39 is 32.5 Å². The predicted octanol–water partition coefficient (Wildman–Crippen LogP) is 12.5. The van der Waals surface area contributed by atoms with Gasteiger partial charge in [0.1, 0.15) is 6.61 Å². The van der Waals surface area contributed by atoms with Crippen molar-refractivity contribution < 1.29 is 37.6 Å². The number of phosphoric ester groups is 1. The highest BCUT2D eigenvalue weighted by Crippen LogP contribution is 2.43. The van der Waals surface area contributed by atoms with E-state index in [1.807, 2.05) is 24.3 Å². The smallest absolute Gasteiger partial charge is 0.462 e. The SMILES string of the molecule is CCC=CCC=CCC=CCC=CCC=CCC=CCCC(=O)OCC(COP(=O)(O)OCCN)OC(=O)CCC=CCC=CCC=CCC=CCC=CCC=CCC. The second-order valence-corrected chi connectivity index (χ2v) is 14.5. The molecule has 0 rings (SSSR count). The molecule has 2 unspecified atom stereocenters. The summed E-state index contributed by atoms with van der Waals surface area (Å²) in [6.07, 6.45) is 61.9. The summed E-state index contributed by atoms with van der Waals surface area (Å²) < 4.78 is 32.6. The van der Waals surface area contributed by atoms with Gasteiger partial charge in [0.25, 0.3) is 0 Å². The van der Waals surface area contributed by atoms with Crippen LogP contribution in [0.5, 0.6) is 0 Å². The lowest BCUT2D eigenvalue weighted by Gasteiger charge is -2.19. The van der Waals surface area contributed by atoms with E-state index in [-0.39, 0.29) is 32.6 Å². The molecule has 59 heavy (non-hydrogen) atoms. The average molecular weight is 836 g/mol. The molecular weight excluding hydrogens is 762 g/mol. The standard InChI is InChI=1S/C49H74NO8P/c1-3-5-7-9-11-13-15-17-19-21-23-25-27-29-31-33-35-37-39-41-48(51)55-45-47(46-57-59(53,54)56-44-43-50)58-49(52)42-40-38-36-34-32-30-28-26-24-22-20-18-16-14-12-10-8-6-4-2/h5-8,11-14,17-20,23-26,29-32,35-38,47H,3-4,9-10,15-16,21-22,27-28,33-34,39-46,50H2,1-2H3,(H,53,54). The van der Waals surface area contributed by atoms with Gasteiger partial charge in [0.2, 0.25) is 0 Å². The van der Waals surface area contributed by atoms with Crippen LogP contribution in [0, 0.1) is 0 Å². The highest BCUT2D eigenvalue weighted by atomic mass is 31.2. The van der Waals surface area contributed by atoms with Crippen LogP contribution >= 0.6 is 7.82 Å². The summed E-state index contributed by atoms with van der Waals surface area (Å²) in [4.78, 5) is 34.8. The molecule has 3 N–H and O–H groups in total. The van der Waals surface area contributed by atoms with Gasteiger partial charge < -0.3 is 20.1 Å². The molecule has 0 aliphatic carbocycles. The number of carbonyl (C=O) groups is 2. The highest BCUT2D eigenvalue weighted by molar-refractivity contribution is 7.47. The van der Waals surface area contributed by atoms with E-state index in [4.69, 9.17) is 24.3 Å². The third kappa shape index (κ3) is 43.3. The van der Waals surface area contributed by atoms with E-state index in [1.54, 1.807) is 0 Å². The molecule has 2 atom stereocenters. The molecule has 0 aliphatic rings. The van der Waals surface area contributed by atoms with Crippen molar-refractivity contribution in [3.05, 3.63) is 146 Å². The molecule has 0 aliphatic heterocycles. The van der Waals surface area contributed by atoms with Crippen molar-refractivity contribution in [1.82, 2.24) is 0 Å². The van der Waals surface area contributed by atoms with Crippen molar-refractivity contribution >= 4 is 19.8 Å². The molecule has 328 valence electrons. The Morgan fingerprint density at radius 3 is 1.15 bits per heavy atom. The number of esters is 2. The number of rotatable bonds is 37. The van der Waals surface area contributed by atoms with Crippen molar-refractivity contribution in [2.45, 2.75) is 123 Å². The number of hydrogen-bond donors (Lipinski definition) is 2. The lowest BCUT2D eigenvalue weighted by Crippen LogP contribution is -2.29. The largest absolute Gasteiger partial charge is 0.472 e. The quantitative estimate of drug-likeness (QED) is 0.0356. The van der Waals surface area contributed by atoms with Crippen LogP contribution in [0.2, 0.25) is 0 Å². The maximum absolute atomic E-state index is 12.5. The van der Waals surface area contributed by atoms with Crippen LogP contribution in [0.15, 0.2) is 146 Å². The summed E-state index contributed by atoms with van der Waals surface area (Å²) in [6, 6.07) is 0. The number of allylic oxidation sites excluding steroid dienone is 24. The zero-order chi connectivity index (χ0) is 43.2. The Hall–Kier alpha value is -4.11. The van der Waals surface area contributed by atoms with Crippen LogP contribution in [0.1, 0.15) is 117 Å². The Labute approximate surface area is 356 Å². The monoisotopic (exact) mass is 836 g/mol. The van der Waals surface area contributed by atoms with Crippen LogP contribution < -0.4 is 5.73 Å². The minimum atomic E-state index is -4.43. The minimum Gasteiger partial charge on any atom is -0.462 e. The van der Waals surface area contributed by atoms with E-state index in [0.29, 0.717) is 12.8 Å². The summed E-state index contributed by atoms with van der Waals surface area (Å²) in [5, 5.41) is 0. The molecule has 0 heterocycles. The van der Waals surface area contributed by atoms with E-state index in [9.17, 15) is 19.0 Å². The Kier molecular flexibility index (Phi) is 40.4.